The molecule has 0 spiro atoms. The molecule has 3 N–H and O–H groups in total. The van der Waals surface area contributed by atoms with Crippen molar-refractivity contribution in [3.63, 3.8) is 0 Å². The predicted molar refractivity (Wildman–Crippen MR) is 55.5 cm³/mol. The highest BCUT2D eigenvalue weighted by atomic mass is 16.6. The number of hydrogen-bond donors (Lipinski definition) is 3. The van der Waals surface area contributed by atoms with Crippen molar-refractivity contribution in [1.82, 2.24) is 4.98 Å². The second-order valence-electron chi connectivity index (χ2n) is 3.24. The van der Waals surface area contributed by atoms with Crippen molar-refractivity contribution in [3.8, 4) is 5.88 Å². The lowest BCUT2D eigenvalue weighted by Gasteiger charge is -2.17. The molecular weight excluding hydrogens is 232 g/mol. The lowest BCUT2D eigenvalue weighted by molar-refractivity contribution is -0.385. The van der Waals surface area contributed by atoms with E-state index >= 15 is 0 Å². The highest BCUT2D eigenvalue weighted by Gasteiger charge is 2.24. The number of rotatable bonds is 5. The molecule has 1 rings (SSSR count). The first kappa shape index (κ1) is 13.3. The Balaban J connectivity index is 3.18. The summed E-state index contributed by atoms with van der Waals surface area (Å²) in [5.41, 5.74) is -0.395. The molecule has 0 aliphatic heterocycles. The highest BCUT2D eigenvalue weighted by molar-refractivity contribution is 5.39. The summed E-state index contributed by atoms with van der Waals surface area (Å²) in [6.07, 6.45) is -2.00. The van der Waals surface area contributed by atoms with Gasteiger partial charge in [0, 0.05) is 6.07 Å². The summed E-state index contributed by atoms with van der Waals surface area (Å²) in [6, 6.07) is 1.04. The van der Waals surface area contributed by atoms with Gasteiger partial charge in [0.1, 0.15) is 18.4 Å². The van der Waals surface area contributed by atoms with Crippen LogP contribution in [0.25, 0.3) is 0 Å². The van der Waals surface area contributed by atoms with Crippen molar-refractivity contribution in [2.45, 2.75) is 12.2 Å². The summed E-state index contributed by atoms with van der Waals surface area (Å²) in [6.45, 7) is -0.687. The molecule has 0 aliphatic rings. The third kappa shape index (κ3) is 2.87. The number of pyridine rings is 1. The van der Waals surface area contributed by atoms with E-state index in [0.717, 1.165) is 12.3 Å². The zero-order chi connectivity index (χ0) is 13.0. The predicted octanol–water partition coefficient (Wildman–Crippen LogP) is -0.615. The number of methoxy groups -OCH3 is 1. The molecule has 1 aromatic heterocycles. The fourth-order valence-electron chi connectivity index (χ4n) is 1.25. The summed E-state index contributed by atoms with van der Waals surface area (Å²) in [5, 5.41) is 38.2. The molecule has 8 heteroatoms. The second-order valence-corrected chi connectivity index (χ2v) is 3.24. The van der Waals surface area contributed by atoms with Gasteiger partial charge in [-0.05, 0) is 0 Å². The molecule has 0 aromatic carbocycles. The van der Waals surface area contributed by atoms with Gasteiger partial charge in [-0.1, -0.05) is 0 Å². The third-order valence-electron chi connectivity index (χ3n) is 2.14. The highest BCUT2D eigenvalue weighted by Crippen LogP contribution is 2.28. The fraction of sp³-hybridized carbons (Fsp3) is 0.444. The van der Waals surface area contributed by atoms with Crippen LogP contribution in [0.15, 0.2) is 12.3 Å². The van der Waals surface area contributed by atoms with Gasteiger partial charge in [0.25, 0.3) is 5.69 Å². The Morgan fingerprint density at radius 2 is 2.24 bits per heavy atom. The van der Waals surface area contributed by atoms with E-state index in [9.17, 15) is 20.3 Å². The third-order valence-corrected chi connectivity index (χ3v) is 2.14. The molecule has 2 unspecified atom stereocenters. The normalized spacial score (nSPS) is 14.1. The Bertz CT molecular complexity index is 410. The van der Waals surface area contributed by atoms with Crippen LogP contribution in [0.3, 0.4) is 0 Å². The van der Waals surface area contributed by atoms with Gasteiger partial charge >= 0.3 is 0 Å². The van der Waals surface area contributed by atoms with Gasteiger partial charge in [-0.15, -0.1) is 0 Å². The molecule has 0 amide bonds. The first-order chi connectivity index (χ1) is 8.01. The first-order valence-electron chi connectivity index (χ1n) is 4.66. The number of aliphatic hydroxyl groups is 3. The molecule has 2 atom stereocenters. The maximum absolute atomic E-state index is 10.5. The molecule has 0 aliphatic carbocycles. The summed E-state index contributed by atoms with van der Waals surface area (Å²) >= 11 is 0. The topological polar surface area (TPSA) is 126 Å². The smallest absolute Gasteiger partial charge is 0.288 e. The van der Waals surface area contributed by atoms with E-state index in [1.165, 1.54) is 7.11 Å². The van der Waals surface area contributed by atoms with Gasteiger partial charge in [0.15, 0.2) is 0 Å². The standard InChI is InChI=1S/C9H12N2O6/c1-17-9-6(8(14)7(13)4-12)2-5(3-10-9)11(15)16/h2-3,7-8,12-14H,4H2,1H3. The van der Waals surface area contributed by atoms with Gasteiger partial charge in [0.2, 0.25) is 5.88 Å². The Hall–Kier alpha value is -1.77. The van der Waals surface area contributed by atoms with Crippen molar-refractivity contribution in [2.24, 2.45) is 0 Å². The fourth-order valence-corrected chi connectivity index (χ4v) is 1.25. The van der Waals surface area contributed by atoms with E-state index in [0.29, 0.717) is 0 Å². The average molecular weight is 244 g/mol. The van der Waals surface area contributed by atoms with Crippen molar-refractivity contribution in [1.29, 1.82) is 0 Å². The number of aromatic nitrogens is 1. The van der Waals surface area contributed by atoms with Crippen LogP contribution in [0, 0.1) is 10.1 Å². The van der Waals surface area contributed by atoms with E-state index in [-0.39, 0.29) is 17.1 Å². The van der Waals surface area contributed by atoms with Crippen LogP contribution < -0.4 is 4.74 Å². The van der Waals surface area contributed by atoms with Gasteiger partial charge in [-0.2, -0.15) is 0 Å². The number of aliphatic hydroxyl groups excluding tert-OH is 3. The SMILES string of the molecule is COc1ncc([N+](=O)[O-])cc1C(O)C(O)CO. The summed E-state index contributed by atoms with van der Waals surface area (Å²) in [5.74, 6) is -0.0457. The zero-order valence-corrected chi connectivity index (χ0v) is 8.98. The number of ether oxygens (including phenoxy) is 1. The van der Waals surface area contributed by atoms with Crippen molar-refractivity contribution < 1.29 is 25.0 Å². The second kappa shape index (κ2) is 5.53. The molecule has 0 saturated heterocycles. The Morgan fingerprint density at radius 1 is 1.59 bits per heavy atom. The molecular formula is C9H12N2O6. The Kier molecular flexibility index (Phi) is 4.32. The van der Waals surface area contributed by atoms with Crippen LogP contribution in [0.1, 0.15) is 11.7 Å². The maximum Gasteiger partial charge on any atom is 0.288 e. The van der Waals surface area contributed by atoms with E-state index in [4.69, 9.17) is 9.84 Å². The first-order valence-corrected chi connectivity index (χ1v) is 4.66. The van der Waals surface area contributed by atoms with Gasteiger partial charge < -0.3 is 20.1 Å². The maximum atomic E-state index is 10.5. The molecule has 17 heavy (non-hydrogen) atoms. The molecule has 0 fully saturated rings. The molecule has 0 saturated carbocycles. The molecule has 0 radical (unpaired) electrons. The number of hydrogen-bond acceptors (Lipinski definition) is 7. The monoisotopic (exact) mass is 244 g/mol. The largest absolute Gasteiger partial charge is 0.481 e. The van der Waals surface area contributed by atoms with Crippen LogP contribution in [-0.4, -0.2) is 45.0 Å². The summed E-state index contributed by atoms with van der Waals surface area (Å²) in [4.78, 5) is 13.5. The Morgan fingerprint density at radius 3 is 2.71 bits per heavy atom. The van der Waals surface area contributed by atoms with Gasteiger partial charge in [-0.3, -0.25) is 10.1 Å². The van der Waals surface area contributed by atoms with Crippen LogP contribution >= 0.6 is 0 Å². The summed E-state index contributed by atoms with van der Waals surface area (Å²) in [7, 11) is 1.27. The van der Waals surface area contributed by atoms with E-state index in [1.807, 2.05) is 0 Å². The quantitative estimate of drug-likeness (QED) is 0.465. The van der Waals surface area contributed by atoms with Crippen molar-refractivity contribution in [2.75, 3.05) is 13.7 Å². The van der Waals surface area contributed by atoms with Crippen molar-refractivity contribution >= 4 is 5.69 Å². The van der Waals surface area contributed by atoms with E-state index < -0.39 is 23.7 Å². The van der Waals surface area contributed by atoms with Crippen LogP contribution in [0.2, 0.25) is 0 Å². The zero-order valence-electron chi connectivity index (χ0n) is 8.98. The number of nitro groups is 1. The molecule has 1 heterocycles. The minimum absolute atomic E-state index is 0.0457. The average Bonchev–Trinajstić information content (AvgIpc) is 2.35. The van der Waals surface area contributed by atoms with Crippen LogP contribution in [0.5, 0.6) is 5.88 Å². The minimum Gasteiger partial charge on any atom is -0.481 e. The minimum atomic E-state index is -1.51. The lowest BCUT2D eigenvalue weighted by Crippen LogP contribution is -2.22. The van der Waals surface area contributed by atoms with E-state index in [2.05, 4.69) is 4.98 Å². The van der Waals surface area contributed by atoms with Crippen molar-refractivity contribution in [3.05, 3.63) is 27.9 Å². The molecule has 0 bridgehead atoms. The molecule has 94 valence electrons. The lowest BCUT2D eigenvalue weighted by atomic mass is 10.1. The van der Waals surface area contributed by atoms with E-state index in [1.54, 1.807) is 0 Å². The summed E-state index contributed by atoms with van der Waals surface area (Å²) < 4.78 is 4.81. The Labute approximate surface area is 96.3 Å². The number of nitrogens with zero attached hydrogens (tertiary/aromatic N) is 2. The van der Waals surface area contributed by atoms with Crippen LogP contribution in [0.4, 0.5) is 5.69 Å². The van der Waals surface area contributed by atoms with Gasteiger partial charge in [0.05, 0.1) is 24.2 Å². The van der Waals surface area contributed by atoms with Crippen LogP contribution in [-0.2, 0) is 0 Å². The van der Waals surface area contributed by atoms with Gasteiger partial charge in [-0.25, -0.2) is 4.98 Å². The molecule has 1 aromatic rings. The molecule has 8 nitrogen and oxygen atoms in total.